The molecule has 2 rings (SSSR count). The summed E-state index contributed by atoms with van der Waals surface area (Å²) in [6.07, 6.45) is 0. The molecule has 0 atom stereocenters. The van der Waals surface area contributed by atoms with Crippen LogP contribution in [-0.4, -0.2) is 13.5 Å². The van der Waals surface area contributed by atoms with E-state index in [4.69, 9.17) is 11.6 Å². The van der Waals surface area contributed by atoms with Gasteiger partial charge in [0, 0.05) is 3.57 Å². The molecule has 0 heterocycles. The van der Waals surface area contributed by atoms with Gasteiger partial charge >= 0.3 is 0 Å². The van der Waals surface area contributed by atoms with Crippen LogP contribution in [0.5, 0.6) is 5.75 Å². The van der Waals surface area contributed by atoms with E-state index in [-0.39, 0.29) is 16.3 Å². The van der Waals surface area contributed by atoms with Crippen LogP contribution in [0.25, 0.3) is 0 Å². The summed E-state index contributed by atoms with van der Waals surface area (Å²) < 4.78 is 27.5. The predicted molar refractivity (Wildman–Crippen MR) is 83.1 cm³/mol. The Kier molecular flexibility index (Phi) is 4.22. The molecule has 0 fully saturated rings. The van der Waals surface area contributed by atoms with Gasteiger partial charge in [-0.15, -0.1) is 0 Å². The average molecular weight is 410 g/mol. The number of sulfonamides is 1. The fraction of sp³-hybridized carbons (Fsp3) is 0. The van der Waals surface area contributed by atoms with Gasteiger partial charge in [0.2, 0.25) is 0 Å². The van der Waals surface area contributed by atoms with Crippen molar-refractivity contribution in [3.8, 4) is 5.75 Å². The Morgan fingerprint density at radius 2 is 1.84 bits per heavy atom. The van der Waals surface area contributed by atoms with Crippen LogP contribution in [-0.2, 0) is 10.0 Å². The van der Waals surface area contributed by atoms with Gasteiger partial charge in [-0.2, -0.15) is 0 Å². The largest absolute Gasteiger partial charge is 0.507 e. The van der Waals surface area contributed by atoms with Gasteiger partial charge in [0.15, 0.2) is 0 Å². The van der Waals surface area contributed by atoms with Gasteiger partial charge < -0.3 is 5.11 Å². The molecule has 0 bridgehead atoms. The molecule has 0 saturated heterocycles. The minimum absolute atomic E-state index is 0.190. The smallest absolute Gasteiger partial charge is 0.265 e. The molecule has 100 valence electrons. The lowest BCUT2D eigenvalue weighted by Gasteiger charge is -2.10. The molecule has 0 aliphatic carbocycles. The highest BCUT2D eigenvalue weighted by atomic mass is 127. The maximum absolute atomic E-state index is 12.1. The Hall–Kier alpha value is -0.990. The molecule has 0 radical (unpaired) electrons. The molecule has 0 aliphatic rings. The van der Waals surface area contributed by atoms with Gasteiger partial charge in [0.1, 0.15) is 10.6 Å². The SMILES string of the molecule is O=S(=O)(Nc1ccc(I)cc1Cl)c1ccccc1O. The minimum Gasteiger partial charge on any atom is -0.507 e. The summed E-state index contributed by atoms with van der Waals surface area (Å²) >= 11 is 8.04. The second kappa shape index (κ2) is 5.56. The number of halogens is 2. The first-order chi connectivity index (χ1) is 8.90. The maximum Gasteiger partial charge on any atom is 0.265 e. The Balaban J connectivity index is 2.40. The standard InChI is InChI=1S/C12H9ClINO3S/c13-9-7-8(14)5-6-10(9)15-19(17,18)12-4-2-1-3-11(12)16/h1-7,15-16H. The zero-order valence-electron chi connectivity index (χ0n) is 9.47. The third kappa shape index (κ3) is 3.31. The highest BCUT2D eigenvalue weighted by Crippen LogP contribution is 2.28. The molecule has 4 nitrogen and oxygen atoms in total. The molecule has 0 saturated carbocycles. The van der Waals surface area contributed by atoms with Crippen molar-refractivity contribution >= 4 is 49.9 Å². The van der Waals surface area contributed by atoms with Gasteiger partial charge in [-0.25, -0.2) is 8.42 Å². The van der Waals surface area contributed by atoms with E-state index >= 15 is 0 Å². The Morgan fingerprint density at radius 1 is 1.16 bits per heavy atom. The molecule has 0 amide bonds. The highest BCUT2D eigenvalue weighted by molar-refractivity contribution is 14.1. The highest BCUT2D eigenvalue weighted by Gasteiger charge is 2.19. The topological polar surface area (TPSA) is 66.4 Å². The summed E-state index contributed by atoms with van der Waals surface area (Å²) in [5.41, 5.74) is 0.269. The number of nitrogens with one attached hydrogen (secondary N) is 1. The van der Waals surface area contributed by atoms with E-state index in [1.165, 1.54) is 18.2 Å². The first kappa shape index (κ1) is 14.4. The second-order valence-electron chi connectivity index (χ2n) is 3.70. The van der Waals surface area contributed by atoms with Crippen molar-refractivity contribution in [3.05, 3.63) is 51.1 Å². The Bertz CT molecular complexity index is 719. The van der Waals surface area contributed by atoms with Gasteiger partial charge in [0.25, 0.3) is 10.0 Å². The lowest BCUT2D eigenvalue weighted by molar-refractivity contribution is 0.459. The van der Waals surface area contributed by atoms with Gasteiger partial charge in [-0.3, -0.25) is 4.72 Å². The van der Waals surface area contributed by atoms with Gasteiger partial charge in [-0.1, -0.05) is 23.7 Å². The molecule has 7 heteroatoms. The van der Waals surface area contributed by atoms with Crippen LogP contribution < -0.4 is 4.72 Å². The summed E-state index contributed by atoms with van der Waals surface area (Å²) in [5.74, 6) is -0.309. The first-order valence-electron chi connectivity index (χ1n) is 5.16. The number of phenolic OH excluding ortho intramolecular Hbond substituents is 1. The molecule has 2 N–H and O–H groups in total. The van der Waals surface area contributed by atoms with Crippen LogP contribution in [0.4, 0.5) is 5.69 Å². The molecule has 2 aromatic carbocycles. The summed E-state index contributed by atoms with van der Waals surface area (Å²) in [6, 6.07) is 10.7. The molecular formula is C12H9ClINO3S. The molecular weight excluding hydrogens is 401 g/mol. The number of aromatic hydroxyl groups is 1. The summed E-state index contributed by atoms with van der Waals surface area (Å²) in [4.78, 5) is -0.190. The summed E-state index contributed by atoms with van der Waals surface area (Å²) in [6.45, 7) is 0. The molecule has 19 heavy (non-hydrogen) atoms. The van der Waals surface area contributed by atoms with Crippen molar-refractivity contribution in [2.24, 2.45) is 0 Å². The van der Waals surface area contributed by atoms with E-state index in [9.17, 15) is 13.5 Å². The van der Waals surface area contributed by atoms with Crippen molar-refractivity contribution in [2.75, 3.05) is 4.72 Å². The van der Waals surface area contributed by atoms with Crippen LogP contribution in [0.3, 0.4) is 0 Å². The number of benzene rings is 2. The fourth-order valence-electron chi connectivity index (χ4n) is 1.46. The van der Waals surface area contributed by atoms with Crippen molar-refractivity contribution in [1.82, 2.24) is 0 Å². The Labute approximate surface area is 129 Å². The van der Waals surface area contributed by atoms with Crippen LogP contribution in [0.15, 0.2) is 47.4 Å². The fourth-order valence-corrected chi connectivity index (χ4v) is 3.59. The zero-order valence-corrected chi connectivity index (χ0v) is 13.2. The second-order valence-corrected chi connectivity index (χ2v) is 7.00. The van der Waals surface area contributed by atoms with E-state index in [0.717, 1.165) is 3.57 Å². The van der Waals surface area contributed by atoms with Gasteiger partial charge in [-0.05, 0) is 52.9 Å². The van der Waals surface area contributed by atoms with E-state index in [1.54, 1.807) is 24.3 Å². The Morgan fingerprint density at radius 3 is 2.47 bits per heavy atom. The first-order valence-corrected chi connectivity index (χ1v) is 8.10. The molecule has 0 aromatic heterocycles. The number of phenols is 1. The average Bonchev–Trinajstić information content (AvgIpc) is 2.33. The van der Waals surface area contributed by atoms with Gasteiger partial charge in [0.05, 0.1) is 10.7 Å². The maximum atomic E-state index is 12.1. The van der Waals surface area contributed by atoms with Crippen LogP contribution in [0, 0.1) is 3.57 Å². The number of para-hydroxylation sites is 1. The predicted octanol–water partition coefficient (Wildman–Crippen LogP) is 3.45. The van der Waals surface area contributed by atoms with E-state index < -0.39 is 10.0 Å². The van der Waals surface area contributed by atoms with E-state index in [2.05, 4.69) is 27.3 Å². The van der Waals surface area contributed by atoms with E-state index in [0.29, 0.717) is 5.02 Å². The lowest BCUT2D eigenvalue weighted by atomic mass is 10.3. The van der Waals surface area contributed by atoms with Crippen molar-refractivity contribution in [1.29, 1.82) is 0 Å². The third-order valence-corrected chi connectivity index (χ3v) is 4.73. The zero-order chi connectivity index (χ0) is 14.0. The lowest BCUT2D eigenvalue weighted by Crippen LogP contribution is -2.13. The number of hydrogen-bond donors (Lipinski definition) is 2. The van der Waals surface area contributed by atoms with Crippen molar-refractivity contribution in [2.45, 2.75) is 4.90 Å². The monoisotopic (exact) mass is 409 g/mol. The summed E-state index contributed by atoms with van der Waals surface area (Å²) in [5, 5.41) is 9.88. The van der Waals surface area contributed by atoms with Crippen molar-refractivity contribution < 1.29 is 13.5 Å². The molecule has 0 unspecified atom stereocenters. The van der Waals surface area contributed by atoms with Crippen LogP contribution >= 0.6 is 34.2 Å². The normalized spacial score (nSPS) is 11.3. The quantitative estimate of drug-likeness (QED) is 0.763. The molecule has 0 aliphatic heterocycles. The number of anilines is 1. The summed E-state index contributed by atoms with van der Waals surface area (Å²) in [7, 11) is -3.87. The molecule has 0 spiro atoms. The van der Waals surface area contributed by atoms with Crippen LogP contribution in [0.1, 0.15) is 0 Å². The van der Waals surface area contributed by atoms with Crippen molar-refractivity contribution in [3.63, 3.8) is 0 Å². The van der Waals surface area contributed by atoms with E-state index in [1.807, 2.05) is 0 Å². The number of hydrogen-bond acceptors (Lipinski definition) is 3. The third-order valence-electron chi connectivity index (χ3n) is 2.33. The van der Waals surface area contributed by atoms with Crippen LogP contribution in [0.2, 0.25) is 5.02 Å². The molecule has 2 aromatic rings. The number of rotatable bonds is 3. The minimum atomic E-state index is -3.87.